The topological polar surface area (TPSA) is 76.0 Å². The van der Waals surface area contributed by atoms with Gasteiger partial charge >= 0.3 is 5.97 Å². The molecule has 2 aromatic carbocycles. The zero-order valence-corrected chi connectivity index (χ0v) is 13.9. The van der Waals surface area contributed by atoms with Gasteiger partial charge in [-0.1, -0.05) is 30.3 Å². The maximum Gasteiger partial charge on any atom is 0.347 e. The minimum absolute atomic E-state index is 0.0756. The summed E-state index contributed by atoms with van der Waals surface area (Å²) in [5.41, 5.74) is 0.124. The molecule has 2 aromatic rings. The summed E-state index contributed by atoms with van der Waals surface area (Å²) in [6, 6.07) is 13.1. The van der Waals surface area contributed by atoms with Crippen molar-refractivity contribution in [2.24, 2.45) is 4.40 Å². The van der Waals surface area contributed by atoms with Crippen molar-refractivity contribution in [1.82, 2.24) is 4.90 Å². The van der Waals surface area contributed by atoms with Gasteiger partial charge < -0.3 is 9.64 Å². The van der Waals surface area contributed by atoms with Gasteiger partial charge in [0.1, 0.15) is 11.3 Å². The summed E-state index contributed by atoms with van der Waals surface area (Å²) < 4.78 is 32.7. The quantitative estimate of drug-likeness (QED) is 0.611. The van der Waals surface area contributed by atoms with Gasteiger partial charge in [0.2, 0.25) is 0 Å². The Labute approximate surface area is 144 Å². The van der Waals surface area contributed by atoms with Gasteiger partial charge in [-0.2, -0.15) is 0 Å². The average Bonchev–Trinajstić information content (AvgIpc) is 2.60. The lowest BCUT2D eigenvalue weighted by Gasteiger charge is -2.28. The summed E-state index contributed by atoms with van der Waals surface area (Å²) in [5.74, 6) is -0.210. The molecule has 0 unspecified atom stereocenters. The third-order valence-corrected chi connectivity index (χ3v) is 5.16. The molecule has 0 saturated carbocycles. The summed E-state index contributed by atoms with van der Waals surface area (Å²) in [7, 11) is -3.56. The van der Waals surface area contributed by atoms with Crippen LogP contribution in [0.5, 0.6) is 5.75 Å². The molecule has 4 rings (SSSR count). The number of fused-ring (bicyclic) bond motifs is 2. The first-order valence-electron chi connectivity index (χ1n) is 7.71. The number of nitrogens with zero attached hydrogens (tertiary/aromatic N) is 2. The van der Waals surface area contributed by atoms with Crippen molar-refractivity contribution in [2.75, 3.05) is 12.3 Å². The monoisotopic (exact) mass is 354 g/mol. The number of amidine groups is 1. The van der Waals surface area contributed by atoms with Gasteiger partial charge in [-0.25, -0.2) is 13.2 Å². The second-order valence-corrected chi connectivity index (χ2v) is 7.47. The minimum atomic E-state index is -3.56. The molecular weight excluding hydrogens is 340 g/mol. The molecule has 0 amide bonds. The van der Waals surface area contributed by atoms with E-state index in [1.807, 2.05) is 30.3 Å². The Morgan fingerprint density at radius 2 is 1.92 bits per heavy atom. The number of allylic oxidation sites excluding steroid dienone is 2. The molecule has 0 spiro atoms. The van der Waals surface area contributed by atoms with Gasteiger partial charge in [0.15, 0.2) is 5.84 Å². The van der Waals surface area contributed by atoms with Crippen molar-refractivity contribution in [2.45, 2.75) is 0 Å². The molecule has 2 heterocycles. The molecular formula is C18H14N2O4S. The van der Waals surface area contributed by atoms with Crippen LogP contribution in [0.1, 0.15) is 0 Å². The van der Waals surface area contributed by atoms with Crippen LogP contribution in [0.4, 0.5) is 0 Å². The van der Waals surface area contributed by atoms with Crippen molar-refractivity contribution in [3.8, 4) is 5.75 Å². The molecule has 2 aliphatic heterocycles. The van der Waals surface area contributed by atoms with Crippen LogP contribution in [0.3, 0.4) is 0 Å². The number of benzene rings is 2. The number of hydrogen-bond acceptors (Lipinski definition) is 5. The third-order valence-electron chi connectivity index (χ3n) is 4.01. The van der Waals surface area contributed by atoms with E-state index in [2.05, 4.69) is 4.40 Å². The summed E-state index contributed by atoms with van der Waals surface area (Å²) in [6.07, 6.45) is 4.88. The van der Waals surface area contributed by atoms with E-state index in [1.54, 1.807) is 29.3 Å². The number of sulfonamides is 1. The molecule has 0 radical (unpaired) electrons. The van der Waals surface area contributed by atoms with E-state index >= 15 is 0 Å². The van der Waals surface area contributed by atoms with Crippen LogP contribution in [0, 0.1) is 0 Å². The lowest BCUT2D eigenvalue weighted by atomic mass is 10.1. The number of hydrogen-bond donors (Lipinski definition) is 0. The summed E-state index contributed by atoms with van der Waals surface area (Å²) in [6.45, 7) is 0.262. The highest BCUT2D eigenvalue weighted by Crippen LogP contribution is 2.23. The third kappa shape index (κ3) is 3.06. The first-order chi connectivity index (χ1) is 12.0. The molecule has 0 bridgehead atoms. The highest BCUT2D eigenvalue weighted by molar-refractivity contribution is 7.90. The Morgan fingerprint density at radius 1 is 1.12 bits per heavy atom. The zero-order chi connectivity index (χ0) is 17.4. The van der Waals surface area contributed by atoms with E-state index in [0.717, 1.165) is 10.8 Å². The Bertz CT molecular complexity index is 1070. The lowest BCUT2D eigenvalue weighted by molar-refractivity contribution is -0.129. The van der Waals surface area contributed by atoms with Crippen LogP contribution >= 0.6 is 0 Å². The second kappa shape index (κ2) is 5.86. The van der Waals surface area contributed by atoms with Gasteiger partial charge in [0.05, 0.1) is 5.75 Å². The van der Waals surface area contributed by atoms with Gasteiger partial charge in [0.25, 0.3) is 10.0 Å². The van der Waals surface area contributed by atoms with E-state index in [-0.39, 0.29) is 23.7 Å². The molecule has 0 aromatic heterocycles. The van der Waals surface area contributed by atoms with Gasteiger partial charge in [0, 0.05) is 12.7 Å². The highest BCUT2D eigenvalue weighted by atomic mass is 32.2. The van der Waals surface area contributed by atoms with E-state index in [9.17, 15) is 13.2 Å². The fourth-order valence-corrected chi connectivity index (χ4v) is 3.75. The largest absolute Gasteiger partial charge is 0.423 e. The SMILES string of the molecule is O=C(Oc1ccc2ccccc2c1)C1=CC=CN2CCS(=O)(=O)N=C12. The van der Waals surface area contributed by atoms with E-state index in [0.29, 0.717) is 5.75 Å². The first kappa shape index (κ1) is 15.6. The van der Waals surface area contributed by atoms with Crippen molar-refractivity contribution in [3.05, 3.63) is 66.4 Å². The second-order valence-electron chi connectivity index (χ2n) is 5.71. The van der Waals surface area contributed by atoms with Crippen LogP contribution < -0.4 is 4.74 Å². The number of carbonyl (C=O) groups is 1. The van der Waals surface area contributed by atoms with Crippen LogP contribution in [0.2, 0.25) is 0 Å². The number of ether oxygens (including phenoxy) is 1. The van der Waals surface area contributed by atoms with E-state index in [4.69, 9.17) is 4.74 Å². The number of esters is 1. The van der Waals surface area contributed by atoms with Crippen LogP contribution in [-0.4, -0.2) is 37.4 Å². The van der Waals surface area contributed by atoms with Gasteiger partial charge in [-0.15, -0.1) is 4.40 Å². The Kier molecular flexibility index (Phi) is 3.65. The lowest BCUT2D eigenvalue weighted by Crippen LogP contribution is -2.40. The molecule has 25 heavy (non-hydrogen) atoms. The molecule has 7 heteroatoms. The Balaban J connectivity index is 1.64. The van der Waals surface area contributed by atoms with Gasteiger partial charge in [-0.3, -0.25) is 0 Å². The van der Waals surface area contributed by atoms with Crippen molar-refractivity contribution in [3.63, 3.8) is 0 Å². The maximum atomic E-state index is 12.5. The average molecular weight is 354 g/mol. The Hall–Kier alpha value is -2.93. The Morgan fingerprint density at radius 3 is 2.76 bits per heavy atom. The van der Waals surface area contributed by atoms with Crippen molar-refractivity contribution in [1.29, 1.82) is 0 Å². The number of rotatable bonds is 2. The fraction of sp³-hybridized carbons (Fsp3) is 0.111. The fourth-order valence-electron chi connectivity index (χ4n) is 2.77. The molecule has 126 valence electrons. The van der Waals surface area contributed by atoms with Crippen LogP contribution in [0.25, 0.3) is 10.8 Å². The van der Waals surface area contributed by atoms with Crippen LogP contribution in [0.15, 0.2) is 70.8 Å². The smallest absolute Gasteiger partial charge is 0.347 e. The summed E-state index contributed by atoms with van der Waals surface area (Å²) in [5, 5.41) is 1.99. The first-order valence-corrected chi connectivity index (χ1v) is 9.32. The molecule has 0 fully saturated rings. The molecule has 0 saturated heterocycles. The molecule has 0 atom stereocenters. The normalized spacial score (nSPS) is 18.3. The molecule has 6 nitrogen and oxygen atoms in total. The van der Waals surface area contributed by atoms with Crippen molar-refractivity contribution < 1.29 is 17.9 Å². The predicted molar refractivity (Wildman–Crippen MR) is 94.7 cm³/mol. The van der Waals surface area contributed by atoms with Gasteiger partial charge in [-0.05, 0) is 35.1 Å². The maximum absolute atomic E-state index is 12.5. The molecule has 0 aliphatic carbocycles. The van der Waals surface area contributed by atoms with Crippen LogP contribution in [-0.2, 0) is 14.8 Å². The summed E-state index contributed by atoms with van der Waals surface area (Å²) >= 11 is 0. The highest BCUT2D eigenvalue weighted by Gasteiger charge is 2.30. The number of carbonyl (C=O) groups excluding carboxylic acids is 1. The molecule has 2 aliphatic rings. The minimum Gasteiger partial charge on any atom is -0.423 e. The van der Waals surface area contributed by atoms with E-state index in [1.165, 1.54) is 6.08 Å². The van der Waals surface area contributed by atoms with E-state index < -0.39 is 16.0 Å². The zero-order valence-electron chi connectivity index (χ0n) is 13.1. The standard InChI is InChI=1S/C18H14N2O4S/c21-18(24-15-8-7-13-4-1-2-5-14(13)12-15)16-6-3-9-20-10-11-25(22,23)19-17(16)20/h1-9,12H,10-11H2. The predicted octanol–water partition coefficient (Wildman–Crippen LogP) is 2.24. The summed E-state index contributed by atoms with van der Waals surface area (Å²) in [4.78, 5) is 14.2. The molecule has 0 N–H and O–H groups in total. The van der Waals surface area contributed by atoms with Crippen molar-refractivity contribution >= 4 is 32.6 Å².